The van der Waals surface area contributed by atoms with Crippen LogP contribution in [0.1, 0.15) is 41.1 Å². The minimum atomic E-state index is -0.200. The number of hydrogen-bond donors (Lipinski definition) is 3. The maximum absolute atomic E-state index is 12.0. The van der Waals surface area contributed by atoms with E-state index >= 15 is 0 Å². The molecule has 0 saturated carbocycles. The second-order valence-electron chi connectivity index (χ2n) is 6.52. The Morgan fingerprint density at radius 3 is 2.55 bits per heavy atom. The molecule has 8 heteroatoms. The number of methoxy groups -OCH3 is 2. The highest BCUT2D eigenvalue weighted by atomic mass is 16.5. The fourth-order valence-corrected chi connectivity index (χ4v) is 2.84. The third kappa shape index (κ3) is 6.17. The molecule has 2 aromatic rings. The maximum atomic E-state index is 12.0. The van der Waals surface area contributed by atoms with Gasteiger partial charge >= 0.3 is 0 Å². The Kier molecular flexibility index (Phi) is 8.39. The molecule has 0 saturated heterocycles. The minimum Gasteiger partial charge on any atom is -0.497 e. The number of amides is 1. The first kappa shape index (κ1) is 22.1. The summed E-state index contributed by atoms with van der Waals surface area (Å²) in [6.07, 6.45) is 2.25. The molecular weight excluding hydrogens is 372 g/mol. The lowest BCUT2D eigenvalue weighted by atomic mass is 10.1. The number of ether oxygens (including phenoxy) is 2. The highest BCUT2D eigenvalue weighted by molar-refractivity contribution is 5.92. The number of aliphatic imine (C=N–C) groups is 1. The van der Waals surface area contributed by atoms with Crippen LogP contribution in [0.15, 0.2) is 39.9 Å². The van der Waals surface area contributed by atoms with Crippen LogP contribution in [-0.4, -0.2) is 46.2 Å². The Balaban J connectivity index is 1.80. The Bertz CT molecular complexity index is 832. The zero-order chi connectivity index (χ0) is 21.2. The molecule has 0 aliphatic rings. The predicted molar refractivity (Wildman–Crippen MR) is 113 cm³/mol. The third-order valence-electron chi connectivity index (χ3n) is 4.48. The second kappa shape index (κ2) is 11.0. The number of hydrogen-bond acceptors (Lipinski definition) is 5. The largest absolute Gasteiger partial charge is 0.497 e. The number of nitrogens with one attached hydrogen (secondary N) is 3. The molecular formula is C21H30N4O4. The van der Waals surface area contributed by atoms with Crippen molar-refractivity contribution in [3.05, 3.63) is 47.4 Å². The quantitative estimate of drug-likeness (QED) is 0.339. The third-order valence-corrected chi connectivity index (χ3v) is 4.48. The van der Waals surface area contributed by atoms with E-state index in [0.29, 0.717) is 24.8 Å². The molecule has 0 fully saturated rings. The molecule has 158 valence electrons. The average Bonchev–Trinajstić information content (AvgIpc) is 3.17. The zero-order valence-electron chi connectivity index (χ0n) is 17.7. The number of benzene rings is 1. The first-order chi connectivity index (χ1) is 14.0. The summed E-state index contributed by atoms with van der Waals surface area (Å²) in [5.41, 5.74) is 1.79. The lowest BCUT2D eigenvalue weighted by Gasteiger charge is -2.21. The van der Waals surface area contributed by atoms with Gasteiger partial charge in [0.25, 0.3) is 5.91 Å². The van der Waals surface area contributed by atoms with Gasteiger partial charge in [0.2, 0.25) is 0 Å². The van der Waals surface area contributed by atoms with Gasteiger partial charge in [-0.2, -0.15) is 0 Å². The van der Waals surface area contributed by atoms with E-state index in [2.05, 4.69) is 20.9 Å². The SMILES string of the molecule is CN=C(NCCCNC(=O)c1occc1C)NC(C)c1cc(OC)ccc1OC. The van der Waals surface area contributed by atoms with Crippen molar-refractivity contribution in [1.82, 2.24) is 16.0 Å². The first-order valence-corrected chi connectivity index (χ1v) is 9.51. The Hall–Kier alpha value is -3.16. The summed E-state index contributed by atoms with van der Waals surface area (Å²) < 4.78 is 15.9. The van der Waals surface area contributed by atoms with Crippen LogP contribution in [0.3, 0.4) is 0 Å². The first-order valence-electron chi connectivity index (χ1n) is 9.51. The van der Waals surface area contributed by atoms with Crippen LogP contribution in [0.2, 0.25) is 0 Å². The molecule has 1 amide bonds. The smallest absolute Gasteiger partial charge is 0.287 e. The van der Waals surface area contributed by atoms with Crippen LogP contribution in [0.4, 0.5) is 0 Å². The van der Waals surface area contributed by atoms with Gasteiger partial charge < -0.3 is 29.8 Å². The van der Waals surface area contributed by atoms with Crippen molar-refractivity contribution in [2.75, 3.05) is 34.4 Å². The summed E-state index contributed by atoms with van der Waals surface area (Å²) in [5.74, 6) is 2.36. The molecule has 1 atom stereocenters. The fraction of sp³-hybridized carbons (Fsp3) is 0.429. The lowest BCUT2D eigenvalue weighted by molar-refractivity contribution is 0.0925. The second-order valence-corrected chi connectivity index (χ2v) is 6.52. The van der Waals surface area contributed by atoms with Crippen molar-refractivity contribution in [3.63, 3.8) is 0 Å². The molecule has 0 spiro atoms. The summed E-state index contributed by atoms with van der Waals surface area (Å²) in [4.78, 5) is 16.3. The minimum absolute atomic E-state index is 0.0483. The standard InChI is InChI=1S/C21H30N4O4/c1-14-9-12-29-19(14)20(26)23-10-6-11-24-21(22-3)25-15(2)17-13-16(27-4)7-8-18(17)28-5/h7-9,12-13,15H,6,10-11H2,1-5H3,(H,23,26)(H2,22,24,25). The summed E-state index contributed by atoms with van der Waals surface area (Å²) in [6, 6.07) is 7.40. The number of guanidine groups is 1. The van der Waals surface area contributed by atoms with Crippen LogP contribution in [0.25, 0.3) is 0 Å². The van der Waals surface area contributed by atoms with Gasteiger partial charge in [0.15, 0.2) is 11.7 Å². The Morgan fingerprint density at radius 1 is 1.17 bits per heavy atom. The van der Waals surface area contributed by atoms with Crippen LogP contribution < -0.4 is 25.4 Å². The molecule has 0 aliphatic heterocycles. The van der Waals surface area contributed by atoms with Crippen molar-refractivity contribution in [3.8, 4) is 11.5 Å². The molecule has 8 nitrogen and oxygen atoms in total. The van der Waals surface area contributed by atoms with Crippen molar-refractivity contribution in [2.45, 2.75) is 26.3 Å². The number of furan rings is 1. The van der Waals surface area contributed by atoms with Crippen LogP contribution in [0, 0.1) is 6.92 Å². The van der Waals surface area contributed by atoms with Gasteiger partial charge in [-0.1, -0.05) is 0 Å². The number of nitrogens with zero attached hydrogens (tertiary/aromatic N) is 1. The monoisotopic (exact) mass is 402 g/mol. The highest BCUT2D eigenvalue weighted by Crippen LogP contribution is 2.29. The lowest BCUT2D eigenvalue weighted by Crippen LogP contribution is -2.40. The number of rotatable bonds is 9. The van der Waals surface area contributed by atoms with Crippen molar-refractivity contribution in [2.24, 2.45) is 4.99 Å². The van der Waals surface area contributed by atoms with Gasteiger partial charge in [0.1, 0.15) is 11.5 Å². The van der Waals surface area contributed by atoms with Gasteiger partial charge in [-0.3, -0.25) is 9.79 Å². The molecule has 0 bridgehead atoms. The van der Waals surface area contributed by atoms with Crippen LogP contribution in [-0.2, 0) is 0 Å². The summed E-state index contributed by atoms with van der Waals surface area (Å²) in [7, 11) is 4.99. The number of aryl methyl sites for hydroxylation is 1. The van der Waals surface area contributed by atoms with Gasteiger partial charge in [-0.25, -0.2) is 0 Å². The van der Waals surface area contributed by atoms with Gasteiger partial charge in [0, 0.05) is 31.3 Å². The van der Waals surface area contributed by atoms with E-state index in [1.165, 1.54) is 6.26 Å². The van der Waals surface area contributed by atoms with Gasteiger partial charge in [-0.15, -0.1) is 0 Å². The van der Waals surface area contributed by atoms with E-state index in [1.807, 2.05) is 32.0 Å². The van der Waals surface area contributed by atoms with E-state index in [0.717, 1.165) is 29.0 Å². The highest BCUT2D eigenvalue weighted by Gasteiger charge is 2.14. The molecule has 0 radical (unpaired) electrons. The number of carbonyl (C=O) groups is 1. The summed E-state index contributed by atoms with van der Waals surface area (Å²) in [6.45, 7) is 5.05. The van der Waals surface area contributed by atoms with Crippen molar-refractivity contribution >= 4 is 11.9 Å². The van der Waals surface area contributed by atoms with Crippen LogP contribution in [0.5, 0.6) is 11.5 Å². The van der Waals surface area contributed by atoms with E-state index in [4.69, 9.17) is 13.9 Å². The van der Waals surface area contributed by atoms with Crippen LogP contribution >= 0.6 is 0 Å². The van der Waals surface area contributed by atoms with Crippen molar-refractivity contribution < 1.29 is 18.7 Å². The summed E-state index contributed by atoms with van der Waals surface area (Å²) in [5, 5.41) is 9.44. The molecule has 0 aliphatic carbocycles. The van der Waals surface area contributed by atoms with E-state index in [-0.39, 0.29) is 11.9 Å². The molecule has 1 heterocycles. The molecule has 3 N–H and O–H groups in total. The molecule has 1 unspecified atom stereocenters. The van der Waals surface area contributed by atoms with E-state index in [1.54, 1.807) is 27.3 Å². The Morgan fingerprint density at radius 2 is 1.93 bits per heavy atom. The maximum Gasteiger partial charge on any atom is 0.287 e. The summed E-state index contributed by atoms with van der Waals surface area (Å²) >= 11 is 0. The molecule has 1 aromatic carbocycles. The fourth-order valence-electron chi connectivity index (χ4n) is 2.84. The average molecular weight is 402 g/mol. The predicted octanol–water partition coefficient (Wildman–Crippen LogP) is 2.65. The number of carbonyl (C=O) groups excluding carboxylic acids is 1. The molecule has 29 heavy (non-hydrogen) atoms. The molecule has 2 rings (SSSR count). The Labute approximate surface area is 171 Å². The zero-order valence-corrected chi connectivity index (χ0v) is 17.7. The normalized spacial score (nSPS) is 12.2. The van der Waals surface area contributed by atoms with E-state index < -0.39 is 0 Å². The topological polar surface area (TPSA) is 97.1 Å². The van der Waals surface area contributed by atoms with Gasteiger partial charge in [0.05, 0.1) is 26.5 Å². The van der Waals surface area contributed by atoms with Gasteiger partial charge in [-0.05, 0) is 44.5 Å². The van der Waals surface area contributed by atoms with E-state index in [9.17, 15) is 4.79 Å². The van der Waals surface area contributed by atoms with Crippen molar-refractivity contribution in [1.29, 1.82) is 0 Å². The molecule has 1 aromatic heterocycles.